The van der Waals surface area contributed by atoms with Crippen molar-refractivity contribution in [2.24, 2.45) is 34.5 Å². The van der Waals surface area contributed by atoms with Gasteiger partial charge in [0.25, 0.3) is 0 Å². The highest BCUT2D eigenvalue weighted by Crippen LogP contribution is 2.55. The lowest BCUT2D eigenvalue weighted by Gasteiger charge is -2.54. The zero-order valence-corrected chi connectivity index (χ0v) is 20.5. The molecule has 0 spiro atoms. The van der Waals surface area contributed by atoms with Crippen LogP contribution in [0.1, 0.15) is 92.6 Å². The summed E-state index contributed by atoms with van der Waals surface area (Å²) < 4.78 is 0. The van der Waals surface area contributed by atoms with Gasteiger partial charge in [0.1, 0.15) is 0 Å². The van der Waals surface area contributed by atoms with Gasteiger partial charge in [0.15, 0.2) is 0 Å². The Balaban J connectivity index is 1.99. The summed E-state index contributed by atoms with van der Waals surface area (Å²) in [6.07, 6.45) is 5.83. The summed E-state index contributed by atoms with van der Waals surface area (Å²) in [4.78, 5) is 0. The number of hydrogen-bond acceptors (Lipinski definition) is 2. The van der Waals surface area contributed by atoms with Crippen molar-refractivity contribution in [2.75, 3.05) is 0 Å². The first-order chi connectivity index (χ1) is 13.8. The van der Waals surface area contributed by atoms with E-state index in [1.807, 2.05) is 0 Å². The maximum Gasteiger partial charge on any atom is 0.0573 e. The van der Waals surface area contributed by atoms with Gasteiger partial charge < -0.3 is 10.2 Å². The molecule has 6 atom stereocenters. The van der Waals surface area contributed by atoms with Crippen LogP contribution in [0.3, 0.4) is 0 Å². The van der Waals surface area contributed by atoms with E-state index in [4.69, 9.17) is 0 Å². The minimum atomic E-state index is -0.184. The smallest absolute Gasteiger partial charge is 0.0573 e. The molecule has 1 aromatic rings. The highest BCUT2D eigenvalue weighted by atomic mass is 16.3. The van der Waals surface area contributed by atoms with E-state index in [0.717, 1.165) is 38.5 Å². The Morgan fingerprint density at radius 2 is 1.03 bits per heavy atom. The SMILES string of the molecule is CC(C)(C)C1CC(C(C)(c2ccccc2)C2CCC(O)C(C(C)(C)C)C2)CCC1O. The van der Waals surface area contributed by atoms with Crippen LogP contribution < -0.4 is 0 Å². The number of rotatable bonds is 3. The van der Waals surface area contributed by atoms with Crippen molar-refractivity contribution >= 4 is 0 Å². The molecule has 0 radical (unpaired) electrons. The van der Waals surface area contributed by atoms with E-state index in [1.165, 1.54) is 5.56 Å². The van der Waals surface area contributed by atoms with Gasteiger partial charge in [0.2, 0.25) is 0 Å². The van der Waals surface area contributed by atoms with Crippen LogP contribution in [-0.2, 0) is 5.41 Å². The molecule has 30 heavy (non-hydrogen) atoms. The number of aliphatic hydroxyl groups excluding tert-OH is 2. The summed E-state index contributed by atoms with van der Waals surface area (Å²) in [5.74, 6) is 1.81. The quantitative estimate of drug-likeness (QED) is 0.585. The Bertz CT molecular complexity index is 643. The van der Waals surface area contributed by atoms with Gasteiger partial charge in [0, 0.05) is 0 Å². The van der Waals surface area contributed by atoms with Gasteiger partial charge in [-0.15, -0.1) is 0 Å². The summed E-state index contributed by atoms with van der Waals surface area (Å²) in [7, 11) is 0. The van der Waals surface area contributed by atoms with Gasteiger partial charge >= 0.3 is 0 Å². The van der Waals surface area contributed by atoms with Crippen molar-refractivity contribution in [3.8, 4) is 0 Å². The van der Waals surface area contributed by atoms with Crippen molar-refractivity contribution < 1.29 is 10.2 Å². The van der Waals surface area contributed by atoms with E-state index in [9.17, 15) is 10.2 Å². The number of benzene rings is 1. The molecule has 2 fully saturated rings. The third-order valence-electron chi connectivity index (χ3n) is 8.94. The van der Waals surface area contributed by atoms with Crippen LogP contribution in [0.2, 0.25) is 0 Å². The molecular formula is C28H46O2. The molecule has 0 amide bonds. The van der Waals surface area contributed by atoms with Gasteiger partial charge in [-0.05, 0) is 84.0 Å². The highest BCUT2D eigenvalue weighted by molar-refractivity contribution is 5.28. The van der Waals surface area contributed by atoms with E-state index >= 15 is 0 Å². The molecule has 2 saturated carbocycles. The normalized spacial score (nSPS) is 35.6. The van der Waals surface area contributed by atoms with Crippen molar-refractivity contribution in [2.45, 2.75) is 105 Å². The summed E-state index contributed by atoms with van der Waals surface area (Å²) in [5, 5.41) is 21.6. The zero-order chi connectivity index (χ0) is 22.3. The number of hydrogen-bond donors (Lipinski definition) is 2. The topological polar surface area (TPSA) is 40.5 Å². The highest BCUT2D eigenvalue weighted by Gasteiger charge is 2.50. The minimum absolute atomic E-state index is 0.0779. The van der Waals surface area contributed by atoms with Crippen LogP contribution >= 0.6 is 0 Å². The lowest BCUT2D eigenvalue weighted by Crippen LogP contribution is -2.50. The summed E-state index contributed by atoms with van der Waals surface area (Å²) in [5.41, 5.74) is 1.76. The third kappa shape index (κ3) is 4.65. The second-order valence-electron chi connectivity index (χ2n) is 12.7. The zero-order valence-electron chi connectivity index (χ0n) is 20.5. The molecule has 0 bridgehead atoms. The van der Waals surface area contributed by atoms with Crippen LogP contribution in [-0.4, -0.2) is 22.4 Å². The molecular weight excluding hydrogens is 368 g/mol. The molecule has 2 aliphatic carbocycles. The van der Waals surface area contributed by atoms with Gasteiger partial charge in [-0.25, -0.2) is 0 Å². The van der Waals surface area contributed by atoms with Gasteiger partial charge in [-0.3, -0.25) is 0 Å². The average molecular weight is 415 g/mol. The standard InChI is InChI=1S/C28H46O2/c1-26(2,3)22-17-20(13-15-24(22)29)28(7,19-11-9-8-10-12-19)21-14-16-25(30)23(18-21)27(4,5)6/h8-12,20-25,29-30H,13-18H2,1-7H3. The first-order valence-corrected chi connectivity index (χ1v) is 12.3. The van der Waals surface area contributed by atoms with E-state index < -0.39 is 0 Å². The molecule has 2 nitrogen and oxygen atoms in total. The van der Waals surface area contributed by atoms with E-state index in [-0.39, 0.29) is 28.5 Å². The van der Waals surface area contributed by atoms with Crippen LogP contribution in [0, 0.1) is 34.5 Å². The van der Waals surface area contributed by atoms with Crippen molar-refractivity contribution in [1.29, 1.82) is 0 Å². The Kier molecular flexibility index (Phi) is 6.81. The molecule has 1 aromatic carbocycles. The summed E-state index contributed by atoms with van der Waals surface area (Å²) in [6.45, 7) is 16.2. The molecule has 0 saturated heterocycles. The van der Waals surface area contributed by atoms with Crippen LogP contribution in [0.15, 0.2) is 30.3 Å². The molecule has 0 aromatic heterocycles. The second-order valence-corrected chi connectivity index (χ2v) is 12.7. The van der Waals surface area contributed by atoms with Crippen LogP contribution in [0.25, 0.3) is 0 Å². The molecule has 2 aliphatic rings. The fraction of sp³-hybridized carbons (Fsp3) is 0.786. The van der Waals surface area contributed by atoms with E-state index in [2.05, 4.69) is 78.8 Å². The van der Waals surface area contributed by atoms with E-state index in [0.29, 0.717) is 23.7 Å². The maximum atomic E-state index is 10.8. The van der Waals surface area contributed by atoms with E-state index in [1.54, 1.807) is 0 Å². The van der Waals surface area contributed by atoms with Crippen molar-refractivity contribution in [3.63, 3.8) is 0 Å². The van der Waals surface area contributed by atoms with Crippen LogP contribution in [0.4, 0.5) is 0 Å². The summed E-state index contributed by atoms with van der Waals surface area (Å²) >= 11 is 0. The molecule has 0 heterocycles. The Hall–Kier alpha value is -0.860. The monoisotopic (exact) mass is 414 g/mol. The fourth-order valence-corrected chi connectivity index (χ4v) is 6.86. The van der Waals surface area contributed by atoms with Gasteiger partial charge in [-0.2, -0.15) is 0 Å². The minimum Gasteiger partial charge on any atom is -0.393 e. The first kappa shape index (κ1) is 23.8. The van der Waals surface area contributed by atoms with Gasteiger partial charge in [-0.1, -0.05) is 78.8 Å². The summed E-state index contributed by atoms with van der Waals surface area (Å²) in [6, 6.07) is 11.1. The molecule has 2 heteroatoms. The largest absolute Gasteiger partial charge is 0.393 e. The molecule has 3 rings (SSSR count). The first-order valence-electron chi connectivity index (χ1n) is 12.3. The number of aliphatic hydroxyl groups is 2. The predicted octanol–water partition coefficient (Wildman–Crippen LogP) is 6.59. The average Bonchev–Trinajstić information content (AvgIpc) is 2.67. The maximum absolute atomic E-state index is 10.8. The Labute approximate surface area is 185 Å². The lowest BCUT2D eigenvalue weighted by atomic mass is 9.52. The lowest BCUT2D eigenvalue weighted by molar-refractivity contribution is -0.0569. The molecule has 6 unspecified atom stereocenters. The molecule has 0 aliphatic heterocycles. The van der Waals surface area contributed by atoms with Crippen molar-refractivity contribution in [3.05, 3.63) is 35.9 Å². The van der Waals surface area contributed by atoms with Crippen molar-refractivity contribution in [1.82, 2.24) is 0 Å². The second kappa shape index (κ2) is 8.58. The third-order valence-corrected chi connectivity index (χ3v) is 8.94. The Morgan fingerprint density at radius 1 is 0.633 bits per heavy atom. The van der Waals surface area contributed by atoms with Crippen LogP contribution in [0.5, 0.6) is 0 Å². The molecule has 170 valence electrons. The fourth-order valence-electron chi connectivity index (χ4n) is 6.86. The Morgan fingerprint density at radius 3 is 1.40 bits per heavy atom. The van der Waals surface area contributed by atoms with Gasteiger partial charge in [0.05, 0.1) is 12.2 Å². The molecule has 2 N–H and O–H groups in total. The predicted molar refractivity (Wildman–Crippen MR) is 126 cm³/mol.